The molecule has 0 unspecified atom stereocenters. The molecule has 8 heteroatoms. The second-order valence-corrected chi connectivity index (χ2v) is 6.47. The van der Waals surface area contributed by atoms with Gasteiger partial charge >= 0.3 is 0 Å². The standard InChI is InChI=1S/C14H12Cl2N2O3S/c1-17-13(19)7-3-4-10(21-2)9(5-7)18-14(20)8-6-11(15)22-12(8)16/h3-6H,1-2H3,(H,17,19)(H,18,20). The highest BCUT2D eigenvalue weighted by Crippen LogP contribution is 2.33. The summed E-state index contributed by atoms with van der Waals surface area (Å²) in [6.07, 6.45) is 0. The Hall–Kier alpha value is -1.76. The SMILES string of the molecule is CNC(=O)c1ccc(OC)c(NC(=O)c2cc(Cl)sc2Cl)c1. The largest absolute Gasteiger partial charge is 0.495 e. The first-order chi connectivity index (χ1) is 10.5. The molecule has 1 heterocycles. The molecule has 2 aromatic rings. The van der Waals surface area contributed by atoms with Crippen molar-refractivity contribution in [1.82, 2.24) is 5.32 Å². The maximum Gasteiger partial charge on any atom is 0.258 e. The summed E-state index contributed by atoms with van der Waals surface area (Å²) in [6, 6.07) is 6.21. The summed E-state index contributed by atoms with van der Waals surface area (Å²) in [5.74, 6) is -0.270. The van der Waals surface area contributed by atoms with E-state index >= 15 is 0 Å². The van der Waals surface area contributed by atoms with Gasteiger partial charge in [-0.05, 0) is 24.3 Å². The summed E-state index contributed by atoms with van der Waals surface area (Å²) in [5, 5.41) is 5.18. The molecule has 5 nitrogen and oxygen atoms in total. The fraction of sp³-hybridized carbons (Fsp3) is 0.143. The quantitative estimate of drug-likeness (QED) is 0.875. The Morgan fingerprint density at radius 3 is 2.45 bits per heavy atom. The van der Waals surface area contributed by atoms with Crippen molar-refractivity contribution in [2.45, 2.75) is 0 Å². The minimum Gasteiger partial charge on any atom is -0.495 e. The van der Waals surface area contributed by atoms with Crippen molar-refractivity contribution in [2.24, 2.45) is 0 Å². The second-order valence-electron chi connectivity index (χ2n) is 4.19. The molecular formula is C14H12Cl2N2O3S. The minimum absolute atomic E-state index is 0.268. The van der Waals surface area contributed by atoms with Crippen molar-refractivity contribution in [3.8, 4) is 5.75 Å². The second kappa shape index (κ2) is 7.00. The Bertz CT molecular complexity index is 731. The summed E-state index contributed by atoms with van der Waals surface area (Å²) in [4.78, 5) is 23.9. The first-order valence-corrected chi connectivity index (χ1v) is 7.69. The van der Waals surface area contributed by atoms with E-state index in [2.05, 4.69) is 10.6 Å². The van der Waals surface area contributed by atoms with Gasteiger partial charge in [-0.2, -0.15) is 0 Å². The Morgan fingerprint density at radius 2 is 1.91 bits per heavy atom. The molecular weight excluding hydrogens is 347 g/mol. The highest BCUT2D eigenvalue weighted by Gasteiger charge is 2.17. The fourth-order valence-electron chi connectivity index (χ4n) is 1.78. The van der Waals surface area contributed by atoms with Crippen LogP contribution in [0.25, 0.3) is 0 Å². The number of rotatable bonds is 4. The number of ether oxygens (including phenoxy) is 1. The zero-order chi connectivity index (χ0) is 16.3. The number of nitrogens with one attached hydrogen (secondary N) is 2. The van der Waals surface area contributed by atoms with E-state index < -0.39 is 5.91 Å². The molecule has 0 fully saturated rings. The van der Waals surface area contributed by atoms with Gasteiger partial charge in [-0.25, -0.2) is 0 Å². The molecule has 2 rings (SSSR count). The predicted molar refractivity (Wildman–Crippen MR) is 88.7 cm³/mol. The van der Waals surface area contributed by atoms with Crippen LogP contribution in [0.4, 0.5) is 5.69 Å². The molecule has 1 aromatic carbocycles. The third-order valence-electron chi connectivity index (χ3n) is 2.84. The van der Waals surface area contributed by atoms with Gasteiger partial charge in [0.05, 0.1) is 22.7 Å². The van der Waals surface area contributed by atoms with Gasteiger partial charge in [-0.1, -0.05) is 23.2 Å². The fourth-order valence-corrected chi connectivity index (χ4v) is 3.23. The number of hydrogen-bond donors (Lipinski definition) is 2. The van der Waals surface area contributed by atoms with Crippen molar-refractivity contribution in [3.05, 3.63) is 44.1 Å². The van der Waals surface area contributed by atoms with Crippen LogP contribution in [0.5, 0.6) is 5.75 Å². The Morgan fingerprint density at radius 1 is 1.18 bits per heavy atom. The monoisotopic (exact) mass is 358 g/mol. The van der Waals surface area contributed by atoms with Crippen LogP contribution in [-0.4, -0.2) is 26.0 Å². The van der Waals surface area contributed by atoms with E-state index in [1.165, 1.54) is 26.3 Å². The highest BCUT2D eigenvalue weighted by molar-refractivity contribution is 7.20. The molecule has 116 valence electrons. The van der Waals surface area contributed by atoms with E-state index in [-0.39, 0.29) is 11.5 Å². The van der Waals surface area contributed by atoms with E-state index in [1.807, 2.05) is 0 Å². The lowest BCUT2D eigenvalue weighted by atomic mass is 10.1. The number of thiophene rings is 1. The average molecular weight is 359 g/mol. The van der Waals surface area contributed by atoms with Crippen molar-refractivity contribution in [2.75, 3.05) is 19.5 Å². The summed E-state index contributed by atoms with van der Waals surface area (Å²) < 4.78 is 5.90. The van der Waals surface area contributed by atoms with Gasteiger partial charge in [-0.15, -0.1) is 11.3 Å². The third kappa shape index (κ3) is 3.52. The highest BCUT2D eigenvalue weighted by atomic mass is 35.5. The smallest absolute Gasteiger partial charge is 0.258 e. The summed E-state index contributed by atoms with van der Waals surface area (Å²) >= 11 is 12.9. The van der Waals surface area contributed by atoms with Gasteiger partial charge in [-0.3, -0.25) is 9.59 Å². The molecule has 22 heavy (non-hydrogen) atoms. The van der Waals surface area contributed by atoms with Crippen molar-refractivity contribution >= 4 is 52.0 Å². The van der Waals surface area contributed by atoms with Crippen molar-refractivity contribution in [1.29, 1.82) is 0 Å². The Labute approximate surface area is 141 Å². The minimum atomic E-state index is -0.430. The lowest BCUT2D eigenvalue weighted by Gasteiger charge is -2.11. The molecule has 0 radical (unpaired) electrons. The third-order valence-corrected chi connectivity index (χ3v) is 4.33. The van der Waals surface area contributed by atoms with Crippen LogP contribution in [0, 0.1) is 0 Å². The number of hydrogen-bond acceptors (Lipinski definition) is 4. The summed E-state index contributed by atoms with van der Waals surface area (Å²) in [6.45, 7) is 0. The number of carbonyl (C=O) groups excluding carboxylic acids is 2. The van der Waals surface area contributed by atoms with Gasteiger partial charge in [0.2, 0.25) is 0 Å². The molecule has 1 aromatic heterocycles. The van der Waals surface area contributed by atoms with Crippen molar-refractivity contribution in [3.63, 3.8) is 0 Å². The van der Waals surface area contributed by atoms with Crippen LogP contribution in [0.15, 0.2) is 24.3 Å². The molecule has 0 aliphatic heterocycles. The van der Waals surface area contributed by atoms with E-state index in [1.54, 1.807) is 12.1 Å². The molecule has 0 bridgehead atoms. The first kappa shape index (κ1) is 16.6. The summed E-state index contributed by atoms with van der Waals surface area (Å²) in [5.41, 5.74) is 1.03. The molecule has 0 spiro atoms. The molecule has 0 atom stereocenters. The van der Waals surface area contributed by atoms with Crippen LogP contribution in [0.1, 0.15) is 20.7 Å². The lowest BCUT2D eigenvalue weighted by molar-refractivity contribution is 0.0961. The van der Waals surface area contributed by atoms with Gasteiger partial charge in [0.25, 0.3) is 11.8 Å². The molecule has 2 amide bonds. The zero-order valence-electron chi connectivity index (χ0n) is 11.7. The summed E-state index contributed by atoms with van der Waals surface area (Å²) in [7, 11) is 3.00. The molecule has 0 saturated carbocycles. The van der Waals surface area contributed by atoms with E-state index in [0.717, 1.165) is 11.3 Å². The number of carbonyl (C=O) groups is 2. The van der Waals surface area contributed by atoms with Gasteiger partial charge in [0.1, 0.15) is 10.1 Å². The molecule has 0 aliphatic rings. The number of amides is 2. The number of methoxy groups -OCH3 is 1. The van der Waals surface area contributed by atoms with Crippen LogP contribution in [0.3, 0.4) is 0 Å². The van der Waals surface area contributed by atoms with Crippen LogP contribution >= 0.6 is 34.5 Å². The molecule has 2 N–H and O–H groups in total. The van der Waals surface area contributed by atoms with Gasteiger partial charge in [0, 0.05) is 12.6 Å². The number of anilines is 1. The number of benzene rings is 1. The molecule has 0 saturated heterocycles. The van der Waals surface area contributed by atoms with Gasteiger partial charge < -0.3 is 15.4 Å². The van der Waals surface area contributed by atoms with Crippen LogP contribution in [-0.2, 0) is 0 Å². The normalized spacial score (nSPS) is 10.2. The topological polar surface area (TPSA) is 67.4 Å². The van der Waals surface area contributed by atoms with E-state index in [9.17, 15) is 9.59 Å². The van der Waals surface area contributed by atoms with E-state index in [0.29, 0.717) is 25.7 Å². The van der Waals surface area contributed by atoms with Crippen molar-refractivity contribution < 1.29 is 14.3 Å². The first-order valence-electron chi connectivity index (χ1n) is 6.12. The Kier molecular flexibility index (Phi) is 5.28. The van der Waals surface area contributed by atoms with E-state index in [4.69, 9.17) is 27.9 Å². The maximum absolute atomic E-state index is 12.3. The predicted octanol–water partition coefficient (Wildman–Crippen LogP) is 3.68. The van der Waals surface area contributed by atoms with Gasteiger partial charge in [0.15, 0.2) is 0 Å². The van der Waals surface area contributed by atoms with Crippen LogP contribution < -0.4 is 15.4 Å². The number of halogens is 2. The molecule has 0 aliphatic carbocycles. The average Bonchev–Trinajstić information content (AvgIpc) is 2.85. The lowest BCUT2D eigenvalue weighted by Crippen LogP contribution is -2.18. The Balaban J connectivity index is 2.33. The maximum atomic E-state index is 12.3. The zero-order valence-corrected chi connectivity index (χ0v) is 14.0. The van der Waals surface area contributed by atoms with Crippen LogP contribution in [0.2, 0.25) is 8.67 Å².